The zero-order valence-electron chi connectivity index (χ0n) is 14.0. The van der Waals surface area contributed by atoms with Gasteiger partial charge in [-0.3, -0.25) is 0 Å². The zero-order chi connectivity index (χ0) is 14.4. The Balaban J connectivity index is 1.96. The lowest BCUT2D eigenvalue weighted by atomic mass is 9.76. The summed E-state index contributed by atoms with van der Waals surface area (Å²) >= 11 is 0. The predicted molar refractivity (Wildman–Crippen MR) is 88.1 cm³/mol. The molecule has 1 N–H and O–H groups in total. The summed E-state index contributed by atoms with van der Waals surface area (Å²) in [4.78, 5) is 2.85. The highest BCUT2D eigenvalue weighted by Gasteiger charge is 2.31. The van der Waals surface area contributed by atoms with Crippen molar-refractivity contribution in [1.82, 2.24) is 10.2 Å². The Kier molecular flexibility index (Phi) is 6.83. The molecule has 20 heavy (non-hydrogen) atoms. The van der Waals surface area contributed by atoms with Crippen LogP contribution in [0.25, 0.3) is 0 Å². The van der Waals surface area contributed by atoms with Gasteiger partial charge in [0, 0.05) is 18.6 Å². The molecule has 1 aliphatic carbocycles. The molecular weight excluding hydrogens is 244 g/mol. The molecule has 4 atom stereocenters. The first-order chi connectivity index (χ1) is 9.78. The van der Waals surface area contributed by atoms with Crippen LogP contribution in [0, 0.1) is 11.8 Å². The summed E-state index contributed by atoms with van der Waals surface area (Å²) < 4.78 is 0. The number of hydrogen-bond acceptors (Lipinski definition) is 2. The minimum Gasteiger partial charge on any atom is -0.317 e. The summed E-state index contributed by atoms with van der Waals surface area (Å²) in [6.07, 6.45) is 12.8. The molecule has 4 unspecified atom stereocenters. The summed E-state index contributed by atoms with van der Waals surface area (Å²) in [5, 5.41) is 3.61. The molecule has 2 rings (SSSR count). The maximum absolute atomic E-state index is 3.61. The van der Waals surface area contributed by atoms with Crippen molar-refractivity contribution >= 4 is 0 Å². The normalized spacial score (nSPS) is 36.8. The fourth-order valence-electron chi connectivity index (χ4n) is 4.55. The van der Waals surface area contributed by atoms with E-state index in [9.17, 15) is 0 Å². The SMILES string of the molecule is CCC1CCC(NC)C(CN2CCCCCC2CC)C1. The first-order valence-corrected chi connectivity index (χ1v) is 9.19. The zero-order valence-corrected chi connectivity index (χ0v) is 14.0. The number of hydrogen-bond donors (Lipinski definition) is 1. The van der Waals surface area contributed by atoms with Gasteiger partial charge >= 0.3 is 0 Å². The Morgan fingerprint density at radius 3 is 2.55 bits per heavy atom. The van der Waals surface area contributed by atoms with E-state index in [-0.39, 0.29) is 0 Å². The van der Waals surface area contributed by atoms with Gasteiger partial charge in [-0.25, -0.2) is 0 Å². The molecule has 0 bridgehead atoms. The van der Waals surface area contributed by atoms with Gasteiger partial charge in [0.2, 0.25) is 0 Å². The van der Waals surface area contributed by atoms with Gasteiger partial charge in [-0.15, -0.1) is 0 Å². The molecule has 1 heterocycles. The van der Waals surface area contributed by atoms with E-state index in [2.05, 4.69) is 31.1 Å². The third kappa shape index (κ3) is 4.21. The number of likely N-dealkylation sites (tertiary alicyclic amines) is 1. The van der Waals surface area contributed by atoms with Gasteiger partial charge in [0.05, 0.1) is 0 Å². The largest absolute Gasteiger partial charge is 0.317 e. The Labute approximate surface area is 126 Å². The van der Waals surface area contributed by atoms with E-state index in [1.54, 1.807) is 0 Å². The molecular formula is C18H36N2. The molecule has 2 heteroatoms. The van der Waals surface area contributed by atoms with Crippen LogP contribution in [-0.2, 0) is 0 Å². The Bertz CT molecular complexity index is 266. The minimum absolute atomic E-state index is 0.763. The van der Waals surface area contributed by atoms with E-state index in [0.717, 1.165) is 23.9 Å². The monoisotopic (exact) mass is 280 g/mol. The molecule has 2 nitrogen and oxygen atoms in total. The smallest absolute Gasteiger partial charge is 0.0105 e. The van der Waals surface area contributed by atoms with Crippen molar-refractivity contribution in [3.05, 3.63) is 0 Å². The second kappa shape index (κ2) is 8.38. The summed E-state index contributed by atoms with van der Waals surface area (Å²) in [6.45, 7) is 7.46. The fourth-order valence-corrected chi connectivity index (χ4v) is 4.55. The maximum Gasteiger partial charge on any atom is 0.0105 e. The highest BCUT2D eigenvalue weighted by Crippen LogP contribution is 2.33. The van der Waals surface area contributed by atoms with Gasteiger partial charge in [0.25, 0.3) is 0 Å². The van der Waals surface area contributed by atoms with Crippen LogP contribution in [0.2, 0.25) is 0 Å². The van der Waals surface area contributed by atoms with Crippen LogP contribution in [0.5, 0.6) is 0 Å². The average molecular weight is 280 g/mol. The van der Waals surface area contributed by atoms with Crippen molar-refractivity contribution in [3.8, 4) is 0 Å². The van der Waals surface area contributed by atoms with Gasteiger partial charge in [-0.2, -0.15) is 0 Å². The lowest BCUT2D eigenvalue weighted by Gasteiger charge is -2.40. The number of rotatable bonds is 5. The average Bonchev–Trinajstić information content (AvgIpc) is 2.72. The van der Waals surface area contributed by atoms with Crippen LogP contribution >= 0.6 is 0 Å². The van der Waals surface area contributed by atoms with Crippen LogP contribution in [0.3, 0.4) is 0 Å². The van der Waals surface area contributed by atoms with Crippen molar-refractivity contribution < 1.29 is 0 Å². The molecule has 0 spiro atoms. The summed E-state index contributed by atoms with van der Waals surface area (Å²) in [5.74, 6) is 1.86. The topological polar surface area (TPSA) is 15.3 Å². The van der Waals surface area contributed by atoms with Gasteiger partial charge in [-0.1, -0.05) is 33.1 Å². The van der Waals surface area contributed by atoms with Gasteiger partial charge in [0.1, 0.15) is 0 Å². The molecule has 0 radical (unpaired) electrons. The third-order valence-electron chi connectivity index (χ3n) is 5.98. The van der Waals surface area contributed by atoms with Gasteiger partial charge in [-0.05, 0) is 64.0 Å². The molecule has 1 saturated carbocycles. The molecule has 0 aromatic heterocycles. The summed E-state index contributed by atoms with van der Waals surface area (Å²) in [5.41, 5.74) is 0. The van der Waals surface area contributed by atoms with E-state index in [1.807, 2.05) is 0 Å². The second-order valence-electron chi connectivity index (χ2n) is 7.15. The van der Waals surface area contributed by atoms with Crippen molar-refractivity contribution in [1.29, 1.82) is 0 Å². The van der Waals surface area contributed by atoms with E-state index >= 15 is 0 Å². The molecule has 2 fully saturated rings. The first-order valence-electron chi connectivity index (χ1n) is 9.19. The van der Waals surface area contributed by atoms with Crippen molar-refractivity contribution in [3.63, 3.8) is 0 Å². The van der Waals surface area contributed by atoms with Crippen LogP contribution < -0.4 is 5.32 Å². The molecule has 0 aromatic carbocycles. The summed E-state index contributed by atoms with van der Waals surface area (Å²) in [7, 11) is 2.17. The van der Waals surface area contributed by atoms with Gasteiger partial charge < -0.3 is 10.2 Å². The standard InChI is InChI=1S/C18H36N2/c1-4-15-10-11-18(19-3)16(13-15)14-20-12-8-6-7-9-17(20)5-2/h15-19H,4-14H2,1-3H3. The predicted octanol–water partition coefficient (Wildman–Crippen LogP) is 4.06. The molecule has 2 aliphatic rings. The molecule has 0 amide bonds. The quantitative estimate of drug-likeness (QED) is 0.817. The number of nitrogens with zero attached hydrogens (tertiary/aromatic N) is 1. The molecule has 118 valence electrons. The van der Waals surface area contributed by atoms with Crippen LogP contribution in [0.15, 0.2) is 0 Å². The lowest BCUT2D eigenvalue weighted by Crippen LogP contribution is -2.47. The van der Waals surface area contributed by atoms with Crippen LogP contribution in [0.4, 0.5) is 0 Å². The maximum atomic E-state index is 3.61. The molecule has 1 aliphatic heterocycles. The van der Waals surface area contributed by atoms with Crippen molar-refractivity contribution in [2.45, 2.75) is 83.7 Å². The Hall–Kier alpha value is -0.0800. The number of nitrogens with one attached hydrogen (secondary N) is 1. The highest BCUT2D eigenvalue weighted by molar-refractivity contribution is 4.87. The van der Waals surface area contributed by atoms with E-state index in [0.29, 0.717) is 0 Å². The lowest BCUT2D eigenvalue weighted by molar-refractivity contribution is 0.110. The van der Waals surface area contributed by atoms with Crippen LogP contribution in [-0.4, -0.2) is 37.1 Å². The van der Waals surface area contributed by atoms with E-state index in [1.165, 1.54) is 70.9 Å². The first kappa shape index (κ1) is 16.3. The minimum atomic E-state index is 0.763. The highest BCUT2D eigenvalue weighted by atomic mass is 15.2. The van der Waals surface area contributed by atoms with Gasteiger partial charge in [0.15, 0.2) is 0 Å². The molecule has 0 aromatic rings. The van der Waals surface area contributed by atoms with Crippen molar-refractivity contribution in [2.24, 2.45) is 11.8 Å². The summed E-state index contributed by atoms with van der Waals surface area (Å²) in [6, 6.07) is 1.62. The van der Waals surface area contributed by atoms with E-state index in [4.69, 9.17) is 0 Å². The van der Waals surface area contributed by atoms with Crippen molar-refractivity contribution in [2.75, 3.05) is 20.1 Å². The Morgan fingerprint density at radius 1 is 1.00 bits per heavy atom. The fraction of sp³-hybridized carbons (Fsp3) is 1.00. The Morgan fingerprint density at radius 2 is 1.85 bits per heavy atom. The van der Waals surface area contributed by atoms with Crippen LogP contribution in [0.1, 0.15) is 71.6 Å². The second-order valence-corrected chi connectivity index (χ2v) is 7.15. The van der Waals surface area contributed by atoms with E-state index < -0.39 is 0 Å². The molecule has 1 saturated heterocycles. The third-order valence-corrected chi connectivity index (χ3v) is 5.98.